The Morgan fingerprint density at radius 3 is 2.83 bits per heavy atom. The van der Waals surface area contributed by atoms with Crippen LogP contribution in [0.4, 0.5) is 13.2 Å². The maximum atomic E-state index is 12.5. The number of rotatable bonds is 5. The van der Waals surface area contributed by atoms with Gasteiger partial charge in [-0.2, -0.15) is 13.2 Å². The van der Waals surface area contributed by atoms with Crippen molar-refractivity contribution in [2.24, 2.45) is 11.8 Å². The minimum Gasteiger partial charge on any atom is -0.355 e. The lowest BCUT2D eigenvalue weighted by Gasteiger charge is -2.31. The first-order valence-corrected chi connectivity index (χ1v) is 8.86. The summed E-state index contributed by atoms with van der Waals surface area (Å²) in [5.74, 6) is 0.610. The maximum Gasteiger partial charge on any atom is 0.434 e. The van der Waals surface area contributed by atoms with Crippen molar-refractivity contribution in [1.82, 2.24) is 15.6 Å². The first kappa shape index (κ1) is 16.7. The van der Waals surface area contributed by atoms with Crippen molar-refractivity contribution in [2.75, 3.05) is 13.1 Å². The lowest BCUT2D eigenvalue weighted by Crippen LogP contribution is -2.49. The van der Waals surface area contributed by atoms with Crippen molar-refractivity contribution in [3.63, 3.8) is 0 Å². The van der Waals surface area contributed by atoms with Gasteiger partial charge in [0, 0.05) is 24.4 Å². The van der Waals surface area contributed by atoms with Crippen molar-refractivity contribution in [2.45, 2.75) is 44.3 Å². The van der Waals surface area contributed by atoms with Gasteiger partial charge in [0.1, 0.15) is 0 Å². The summed E-state index contributed by atoms with van der Waals surface area (Å²) in [5.41, 5.74) is -0.853. The van der Waals surface area contributed by atoms with E-state index in [0.29, 0.717) is 23.9 Å². The van der Waals surface area contributed by atoms with Crippen molar-refractivity contribution < 1.29 is 18.0 Å². The molecule has 23 heavy (non-hydrogen) atoms. The van der Waals surface area contributed by atoms with E-state index < -0.39 is 11.9 Å². The van der Waals surface area contributed by atoms with E-state index in [1.165, 1.54) is 12.8 Å². The van der Waals surface area contributed by atoms with Gasteiger partial charge >= 0.3 is 6.18 Å². The number of alkyl halides is 3. The van der Waals surface area contributed by atoms with Gasteiger partial charge in [0.2, 0.25) is 5.91 Å². The molecule has 4 nitrogen and oxygen atoms in total. The van der Waals surface area contributed by atoms with E-state index in [1.807, 2.05) is 0 Å². The molecule has 3 rings (SSSR count). The van der Waals surface area contributed by atoms with Gasteiger partial charge < -0.3 is 10.6 Å². The van der Waals surface area contributed by atoms with E-state index in [0.717, 1.165) is 36.1 Å². The number of aromatic nitrogens is 1. The van der Waals surface area contributed by atoms with Crippen molar-refractivity contribution in [3.8, 4) is 0 Å². The molecule has 2 aliphatic rings. The Morgan fingerprint density at radius 1 is 1.39 bits per heavy atom. The van der Waals surface area contributed by atoms with E-state index in [-0.39, 0.29) is 17.9 Å². The summed E-state index contributed by atoms with van der Waals surface area (Å²) in [4.78, 5) is 15.9. The highest BCUT2D eigenvalue weighted by molar-refractivity contribution is 7.09. The normalized spacial score (nSPS) is 25.3. The highest BCUT2D eigenvalue weighted by Gasteiger charge is 2.40. The molecule has 1 saturated carbocycles. The molecule has 2 fully saturated rings. The molecule has 1 aliphatic heterocycles. The van der Waals surface area contributed by atoms with Gasteiger partial charge in [0.25, 0.3) is 0 Å². The van der Waals surface area contributed by atoms with Crippen LogP contribution in [-0.2, 0) is 17.4 Å². The summed E-state index contributed by atoms with van der Waals surface area (Å²) < 4.78 is 37.5. The van der Waals surface area contributed by atoms with Crippen molar-refractivity contribution >= 4 is 17.2 Å². The monoisotopic (exact) mass is 347 g/mol. The molecule has 1 aromatic rings. The third-order valence-electron chi connectivity index (χ3n) is 4.45. The Hall–Kier alpha value is -1.15. The SMILES string of the molecule is O=C(NCCc1nc(C(F)(F)F)cs1)[C@@H]1CCCN[C@@H]1C1CC1. The number of carbonyl (C=O) groups is 1. The molecule has 0 spiro atoms. The molecule has 0 unspecified atom stereocenters. The van der Waals surface area contributed by atoms with Crippen LogP contribution >= 0.6 is 11.3 Å². The quantitative estimate of drug-likeness (QED) is 0.861. The second-order valence-corrected chi connectivity index (χ2v) is 7.17. The van der Waals surface area contributed by atoms with Crippen LogP contribution in [0, 0.1) is 11.8 Å². The number of piperidine rings is 1. The van der Waals surface area contributed by atoms with Crippen LogP contribution < -0.4 is 10.6 Å². The van der Waals surface area contributed by atoms with Gasteiger partial charge in [0.15, 0.2) is 5.69 Å². The Labute approximate surface area is 136 Å². The molecule has 0 aromatic carbocycles. The lowest BCUT2D eigenvalue weighted by molar-refractivity contribution is -0.140. The van der Waals surface area contributed by atoms with Gasteiger partial charge in [-0.15, -0.1) is 11.3 Å². The number of thiazole rings is 1. The zero-order chi connectivity index (χ0) is 16.4. The Morgan fingerprint density at radius 2 is 2.17 bits per heavy atom. The van der Waals surface area contributed by atoms with E-state index in [1.54, 1.807) is 0 Å². The Bertz CT molecular complexity index is 556. The number of halogens is 3. The fraction of sp³-hybridized carbons (Fsp3) is 0.733. The Balaban J connectivity index is 1.48. The molecule has 8 heteroatoms. The minimum atomic E-state index is -4.40. The second kappa shape index (κ2) is 6.76. The number of carbonyl (C=O) groups excluding carboxylic acids is 1. The molecule has 2 N–H and O–H groups in total. The standard InChI is InChI=1S/C15H20F3N3OS/c16-15(17,18)11-8-23-12(21-11)5-7-20-14(22)10-2-1-6-19-13(10)9-3-4-9/h8-10,13,19H,1-7H2,(H,20,22)/t10-,13-/m1/s1. The van der Waals surface area contributed by atoms with Gasteiger partial charge in [-0.1, -0.05) is 0 Å². The first-order chi connectivity index (χ1) is 10.9. The largest absolute Gasteiger partial charge is 0.434 e. The van der Waals surface area contributed by atoms with Gasteiger partial charge in [-0.3, -0.25) is 4.79 Å². The topological polar surface area (TPSA) is 54.0 Å². The molecule has 1 aromatic heterocycles. The minimum absolute atomic E-state index is 0.0155. The van der Waals surface area contributed by atoms with Crippen LogP contribution in [0.15, 0.2) is 5.38 Å². The third kappa shape index (κ3) is 4.23. The van der Waals surface area contributed by atoms with E-state index in [4.69, 9.17) is 0 Å². The lowest BCUT2D eigenvalue weighted by atomic mass is 9.87. The predicted molar refractivity (Wildman–Crippen MR) is 81.1 cm³/mol. The summed E-state index contributed by atoms with van der Waals surface area (Å²) in [6.07, 6.45) is 0.170. The molecule has 1 amide bonds. The highest BCUT2D eigenvalue weighted by atomic mass is 32.1. The number of nitrogens with zero attached hydrogens (tertiary/aromatic N) is 1. The molecule has 1 aliphatic carbocycles. The molecular weight excluding hydrogens is 327 g/mol. The fourth-order valence-electron chi connectivity index (χ4n) is 3.14. The first-order valence-electron chi connectivity index (χ1n) is 7.98. The van der Waals surface area contributed by atoms with Crippen molar-refractivity contribution in [1.29, 1.82) is 0 Å². The summed E-state index contributed by atoms with van der Waals surface area (Å²) >= 11 is 0.984. The van der Waals surface area contributed by atoms with Crippen LogP contribution in [0.25, 0.3) is 0 Å². The van der Waals surface area contributed by atoms with Gasteiger partial charge in [-0.05, 0) is 38.1 Å². The fourth-order valence-corrected chi connectivity index (χ4v) is 3.94. The Kier molecular flexibility index (Phi) is 4.91. The average molecular weight is 347 g/mol. The number of hydrogen-bond donors (Lipinski definition) is 2. The summed E-state index contributed by atoms with van der Waals surface area (Å²) in [5, 5.41) is 7.73. The molecular formula is C15H20F3N3OS. The maximum absolute atomic E-state index is 12.5. The molecule has 1 saturated heterocycles. The molecule has 0 radical (unpaired) electrons. The van der Waals surface area contributed by atoms with Crippen LogP contribution in [0.5, 0.6) is 0 Å². The molecule has 2 atom stereocenters. The zero-order valence-electron chi connectivity index (χ0n) is 12.7. The van der Waals surface area contributed by atoms with Crippen LogP contribution in [0.2, 0.25) is 0 Å². The van der Waals surface area contributed by atoms with Crippen molar-refractivity contribution in [3.05, 3.63) is 16.1 Å². The summed E-state index contributed by atoms with van der Waals surface area (Å²) in [6, 6.07) is 0.264. The number of nitrogens with one attached hydrogen (secondary N) is 2. The van der Waals surface area contributed by atoms with E-state index >= 15 is 0 Å². The summed E-state index contributed by atoms with van der Waals surface area (Å²) in [6.45, 7) is 1.29. The third-order valence-corrected chi connectivity index (χ3v) is 5.36. The smallest absolute Gasteiger partial charge is 0.355 e. The second-order valence-electron chi connectivity index (χ2n) is 6.23. The summed E-state index contributed by atoms with van der Waals surface area (Å²) in [7, 11) is 0. The van der Waals surface area contributed by atoms with Gasteiger partial charge in [0.05, 0.1) is 10.9 Å². The van der Waals surface area contributed by atoms with Gasteiger partial charge in [-0.25, -0.2) is 4.98 Å². The number of hydrogen-bond acceptors (Lipinski definition) is 4. The van der Waals surface area contributed by atoms with Crippen LogP contribution in [0.3, 0.4) is 0 Å². The molecule has 0 bridgehead atoms. The average Bonchev–Trinajstić information content (AvgIpc) is 3.24. The molecule has 2 heterocycles. The zero-order valence-corrected chi connectivity index (χ0v) is 13.5. The predicted octanol–water partition coefficient (Wildman–Crippen LogP) is 2.60. The van der Waals surface area contributed by atoms with Crippen LogP contribution in [0.1, 0.15) is 36.4 Å². The molecule has 128 valence electrons. The number of amides is 1. The van der Waals surface area contributed by atoms with E-state index in [2.05, 4.69) is 15.6 Å². The van der Waals surface area contributed by atoms with E-state index in [9.17, 15) is 18.0 Å². The highest BCUT2D eigenvalue weighted by Crippen LogP contribution is 2.38. The van der Waals surface area contributed by atoms with Crippen LogP contribution in [-0.4, -0.2) is 30.0 Å².